The highest BCUT2D eigenvalue weighted by Crippen LogP contribution is 2.02. The molecule has 4 nitrogen and oxygen atoms in total. The highest BCUT2D eigenvalue weighted by Gasteiger charge is 2.09. The minimum absolute atomic E-state index is 0.0620. The average Bonchev–Trinajstić information content (AvgIpc) is 2.09. The molecule has 0 fully saturated rings. The Hall–Kier alpha value is -0.860. The molecule has 0 aromatic heterocycles. The quantitative estimate of drug-likeness (QED) is 0.359. The summed E-state index contributed by atoms with van der Waals surface area (Å²) in [4.78, 5) is 10.5. The van der Waals surface area contributed by atoms with E-state index < -0.39 is 10.1 Å². The third-order valence-electron chi connectivity index (χ3n) is 1.49. The van der Waals surface area contributed by atoms with Gasteiger partial charge in [-0.3, -0.25) is 4.18 Å². The molecular weight excluding hydrogens is 204 g/mol. The van der Waals surface area contributed by atoms with Crippen molar-refractivity contribution in [3.63, 3.8) is 0 Å². The SMILES string of the molecule is C#CCOS(=O)(=O)CCCCC(C)=O. The van der Waals surface area contributed by atoms with Crippen LogP contribution in [0.25, 0.3) is 0 Å². The van der Waals surface area contributed by atoms with Crippen LogP contribution >= 0.6 is 0 Å². The zero-order valence-electron chi connectivity index (χ0n) is 8.15. The van der Waals surface area contributed by atoms with E-state index >= 15 is 0 Å². The predicted octanol–water partition coefficient (Wildman–Crippen LogP) is 0.725. The van der Waals surface area contributed by atoms with E-state index in [0.29, 0.717) is 19.3 Å². The largest absolute Gasteiger partial charge is 0.300 e. The molecule has 0 heterocycles. The minimum Gasteiger partial charge on any atom is -0.300 e. The maximum atomic E-state index is 11.0. The fraction of sp³-hybridized carbons (Fsp3) is 0.667. The number of hydrogen-bond acceptors (Lipinski definition) is 4. The molecule has 0 aliphatic carbocycles. The summed E-state index contributed by atoms with van der Waals surface area (Å²) in [6, 6.07) is 0. The Morgan fingerprint density at radius 1 is 1.43 bits per heavy atom. The molecule has 0 atom stereocenters. The molecule has 0 unspecified atom stereocenters. The van der Waals surface area contributed by atoms with Gasteiger partial charge in [-0.1, -0.05) is 5.92 Å². The molecule has 5 heteroatoms. The molecule has 0 aliphatic rings. The summed E-state index contributed by atoms with van der Waals surface area (Å²) in [6.45, 7) is 1.25. The number of terminal acetylenes is 1. The molecule has 0 saturated heterocycles. The van der Waals surface area contributed by atoms with Gasteiger partial charge in [0.15, 0.2) is 0 Å². The Morgan fingerprint density at radius 3 is 2.57 bits per heavy atom. The zero-order chi connectivity index (χ0) is 11.0. The maximum Gasteiger partial charge on any atom is 0.268 e. The number of carbonyl (C=O) groups is 1. The van der Waals surface area contributed by atoms with Crippen LogP contribution in [0.1, 0.15) is 26.2 Å². The lowest BCUT2D eigenvalue weighted by molar-refractivity contribution is -0.117. The van der Waals surface area contributed by atoms with Crippen LogP contribution in [0.2, 0.25) is 0 Å². The summed E-state index contributed by atoms with van der Waals surface area (Å²) in [5.74, 6) is 2.06. The van der Waals surface area contributed by atoms with Crippen molar-refractivity contribution in [2.45, 2.75) is 26.2 Å². The van der Waals surface area contributed by atoms with Crippen molar-refractivity contribution in [2.24, 2.45) is 0 Å². The van der Waals surface area contributed by atoms with Crippen molar-refractivity contribution >= 4 is 15.9 Å². The van der Waals surface area contributed by atoms with E-state index in [1.807, 2.05) is 0 Å². The molecule has 80 valence electrons. The molecule has 0 spiro atoms. The number of hydrogen-bond donors (Lipinski definition) is 0. The standard InChI is InChI=1S/C9H14O4S/c1-3-7-13-14(11,12)8-5-4-6-9(2)10/h1H,4-8H2,2H3. The Bertz CT molecular complexity index is 310. The molecule has 0 aliphatic heterocycles. The number of rotatable bonds is 7. The first-order valence-electron chi connectivity index (χ1n) is 4.28. The number of carbonyl (C=O) groups excluding carboxylic acids is 1. The summed E-state index contributed by atoms with van der Waals surface area (Å²) in [5, 5.41) is 0. The Balaban J connectivity index is 3.67. The van der Waals surface area contributed by atoms with E-state index in [4.69, 9.17) is 6.42 Å². The summed E-state index contributed by atoms with van der Waals surface area (Å²) in [5.41, 5.74) is 0. The molecule has 0 radical (unpaired) electrons. The highest BCUT2D eigenvalue weighted by molar-refractivity contribution is 7.86. The van der Waals surface area contributed by atoms with Gasteiger partial charge in [0.25, 0.3) is 10.1 Å². The van der Waals surface area contributed by atoms with Crippen LogP contribution in [0.4, 0.5) is 0 Å². The molecule has 0 N–H and O–H groups in total. The molecule has 0 bridgehead atoms. The monoisotopic (exact) mass is 218 g/mol. The van der Waals surface area contributed by atoms with Gasteiger partial charge >= 0.3 is 0 Å². The fourth-order valence-corrected chi connectivity index (χ4v) is 1.76. The van der Waals surface area contributed by atoms with Gasteiger partial charge < -0.3 is 4.79 Å². The van der Waals surface area contributed by atoms with Crippen molar-refractivity contribution in [2.75, 3.05) is 12.4 Å². The van der Waals surface area contributed by atoms with E-state index in [9.17, 15) is 13.2 Å². The summed E-state index contributed by atoms with van der Waals surface area (Å²) in [7, 11) is -3.50. The second-order valence-electron chi connectivity index (χ2n) is 2.89. The van der Waals surface area contributed by atoms with Crippen LogP contribution in [0, 0.1) is 12.3 Å². The first-order chi connectivity index (χ1) is 6.48. The Morgan fingerprint density at radius 2 is 2.07 bits per heavy atom. The first kappa shape index (κ1) is 13.1. The van der Waals surface area contributed by atoms with Crippen LogP contribution in [-0.2, 0) is 19.1 Å². The van der Waals surface area contributed by atoms with E-state index in [2.05, 4.69) is 10.1 Å². The van der Waals surface area contributed by atoms with Crippen LogP contribution in [0.3, 0.4) is 0 Å². The smallest absolute Gasteiger partial charge is 0.268 e. The van der Waals surface area contributed by atoms with Gasteiger partial charge in [0.1, 0.15) is 12.4 Å². The molecule has 0 amide bonds. The second-order valence-corrected chi connectivity index (χ2v) is 4.65. The zero-order valence-corrected chi connectivity index (χ0v) is 8.97. The second kappa shape index (κ2) is 6.57. The van der Waals surface area contributed by atoms with Crippen LogP contribution in [-0.4, -0.2) is 26.6 Å². The molecular formula is C9H14O4S. The topological polar surface area (TPSA) is 60.4 Å². The third kappa shape index (κ3) is 7.77. The lowest BCUT2D eigenvalue weighted by Crippen LogP contribution is -2.11. The average molecular weight is 218 g/mol. The number of Topliss-reactive ketones (excluding diaryl/α,β-unsaturated/α-hetero) is 1. The van der Waals surface area contributed by atoms with E-state index in [1.54, 1.807) is 0 Å². The Labute approximate surface area is 84.8 Å². The normalized spacial score (nSPS) is 10.9. The molecule has 0 aromatic carbocycles. The minimum atomic E-state index is -3.50. The van der Waals surface area contributed by atoms with Crippen molar-refractivity contribution in [1.82, 2.24) is 0 Å². The first-order valence-corrected chi connectivity index (χ1v) is 5.85. The van der Waals surface area contributed by atoms with Crippen LogP contribution < -0.4 is 0 Å². The highest BCUT2D eigenvalue weighted by atomic mass is 32.2. The predicted molar refractivity (Wildman–Crippen MR) is 53.1 cm³/mol. The van der Waals surface area contributed by atoms with Gasteiger partial charge in [-0.25, -0.2) is 0 Å². The van der Waals surface area contributed by atoms with Gasteiger partial charge in [0.05, 0.1) is 5.75 Å². The fourth-order valence-electron chi connectivity index (χ4n) is 0.836. The van der Waals surface area contributed by atoms with Crippen molar-refractivity contribution in [1.29, 1.82) is 0 Å². The maximum absolute atomic E-state index is 11.0. The molecule has 0 aromatic rings. The molecule has 14 heavy (non-hydrogen) atoms. The number of unbranched alkanes of at least 4 members (excludes halogenated alkanes) is 1. The van der Waals surface area contributed by atoms with Gasteiger partial charge in [-0.05, 0) is 19.8 Å². The lowest BCUT2D eigenvalue weighted by Gasteiger charge is -2.01. The summed E-state index contributed by atoms with van der Waals surface area (Å²) in [6.07, 6.45) is 6.24. The van der Waals surface area contributed by atoms with E-state index in [1.165, 1.54) is 6.92 Å². The summed E-state index contributed by atoms with van der Waals surface area (Å²) < 4.78 is 26.5. The number of ketones is 1. The molecule has 0 rings (SSSR count). The van der Waals surface area contributed by atoms with Crippen molar-refractivity contribution in [3.05, 3.63) is 0 Å². The Kier molecular flexibility index (Phi) is 6.17. The third-order valence-corrected chi connectivity index (χ3v) is 2.76. The van der Waals surface area contributed by atoms with Gasteiger partial charge in [0, 0.05) is 6.42 Å². The molecule has 0 saturated carbocycles. The van der Waals surface area contributed by atoms with E-state index in [-0.39, 0.29) is 18.1 Å². The lowest BCUT2D eigenvalue weighted by atomic mass is 10.2. The summed E-state index contributed by atoms with van der Waals surface area (Å²) >= 11 is 0. The van der Waals surface area contributed by atoms with Crippen molar-refractivity contribution < 1.29 is 17.4 Å². The van der Waals surface area contributed by atoms with Crippen LogP contribution in [0.15, 0.2) is 0 Å². The van der Waals surface area contributed by atoms with Crippen LogP contribution in [0.5, 0.6) is 0 Å². The van der Waals surface area contributed by atoms with Gasteiger partial charge in [-0.2, -0.15) is 8.42 Å². The van der Waals surface area contributed by atoms with Gasteiger partial charge in [-0.15, -0.1) is 6.42 Å². The van der Waals surface area contributed by atoms with Crippen molar-refractivity contribution in [3.8, 4) is 12.3 Å². The van der Waals surface area contributed by atoms with Gasteiger partial charge in [0.2, 0.25) is 0 Å². The van der Waals surface area contributed by atoms with E-state index in [0.717, 1.165) is 0 Å².